The van der Waals surface area contributed by atoms with Crippen LogP contribution < -0.4 is 5.73 Å². The summed E-state index contributed by atoms with van der Waals surface area (Å²) in [5, 5.41) is 0. The van der Waals surface area contributed by atoms with Crippen molar-refractivity contribution in [1.82, 2.24) is 0 Å². The molecule has 0 saturated heterocycles. The maximum absolute atomic E-state index is 11.7. The van der Waals surface area contributed by atoms with E-state index in [0.29, 0.717) is 13.0 Å². The third-order valence-electron chi connectivity index (χ3n) is 2.84. The molecule has 2 atom stereocenters. The van der Waals surface area contributed by atoms with Crippen LogP contribution in [-0.4, -0.2) is 24.4 Å². The van der Waals surface area contributed by atoms with Crippen molar-refractivity contribution in [2.24, 2.45) is 11.7 Å². The predicted octanol–water partition coefficient (Wildman–Crippen LogP) is 1.03. The molecule has 0 aromatic carbocycles. The van der Waals surface area contributed by atoms with E-state index in [1.54, 1.807) is 6.92 Å². The standard InChI is InChI=1S/C11H19NO3/c1-2-15-11(14)10(12)8-6-4-3-5-7-9(8)13/h8,10H,2-7,12H2,1H3/t8-,10-/m0/s1. The van der Waals surface area contributed by atoms with E-state index in [-0.39, 0.29) is 11.7 Å². The molecule has 0 radical (unpaired) electrons. The maximum Gasteiger partial charge on any atom is 0.323 e. The lowest BCUT2D eigenvalue weighted by Gasteiger charge is -2.19. The highest BCUT2D eigenvalue weighted by atomic mass is 16.5. The Morgan fingerprint density at radius 1 is 1.53 bits per heavy atom. The molecule has 4 nitrogen and oxygen atoms in total. The van der Waals surface area contributed by atoms with E-state index in [1.165, 1.54) is 0 Å². The summed E-state index contributed by atoms with van der Waals surface area (Å²) in [4.78, 5) is 23.1. The molecule has 2 N–H and O–H groups in total. The summed E-state index contributed by atoms with van der Waals surface area (Å²) in [6, 6.07) is -0.768. The summed E-state index contributed by atoms with van der Waals surface area (Å²) in [6.45, 7) is 2.05. The number of carbonyl (C=O) groups excluding carboxylic acids is 2. The van der Waals surface area contributed by atoms with Crippen molar-refractivity contribution in [2.75, 3.05) is 6.61 Å². The summed E-state index contributed by atoms with van der Waals surface area (Å²) in [5.41, 5.74) is 5.74. The van der Waals surface area contributed by atoms with Gasteiger partial charge in [-0.15, -0.1) is 0 Å². The topological polar surface area (TPSA) is 69.4 Å². The third-order valence-corrected chi connectivity index (χ3v) is 2.84. The molecule has 1 saturated carbocycles. The van der Waals surface area contributed by atoms with Gasteiger partial charge in [-0.3, -0.25) is 9.59 Å². The van der Waals surface area contributed by atoms with E-state index in [9.17, 15) is 9.59 Å². The number of hydrogen-bond acceptors (Lipinski definition) is 4. The fraction of sp³-hybridized carbons (Fsp3) is 0.818. The highest BCUT2D eigenvalue weighted by molar-refractivity contribution is 5.88. The van der Waals surface area contributed by atoms with Crippen molar-refractivity contribution >= 4 is 11.8 Å². The van der Waals surface area contributed by atoms with Gasteiger partial charge in [0.15, 0.2) is 0 Å². The lowest BCUT2D eigenvalue weighted by Crippen LogP contribution is -2.42. The molecule has 0 bridgehead atoms. The Bertz CT molecular complexity index is 240. The van der Waals surface area contributed by atoms with Gasteiger partial charge in [0.05, 0.1) is 6.61 Å². The van der Waals surface area contributed by atoms with Gasteiger partial charge in [0.1, 0.15) is 11.8 Å². The number of carbonyl (C=O) groups is 2. The Kier molecular flexibility index (Phi) is 4.75. The smallest absolute Gasteiger partial charge is 0.323 e. The summed E-state index contributed by atoms with van der Waals surface area (Å²) < 4.78 is 4.83. The van der Waals surface area contributed by atoms with Crippen LogP contribution in [-0.2, 0) is 14.3 Å². The Morgan fingerprint density at radius 2 is 2.27 bits per heavy atom. The van der Waals surface area contributed by atoms with Gasteiger partial charge in [0.2, 0.25) is 0 Å². The molecule has 15 heavy (non-hydrogen) atoms. The van der Waals surface area contributed by atoms with Gasteiger partial charge in [-0.05, 0) is 19.8 Å². The van der Waals surface area contributed by atoms with Crippen LogP contribution >= 0.6 is 0 Å². The van der Waals surface area contributed by atoms with Crippen LogP contribution in [0.1, 0.15) is 39.0 Å². The molecule has 1 aliphatic rings. The molecule has 0 aromatic heterocycles. The normalized spacial score (nSPS) is 24.4. The average Bonchev–Trinajstić information content (AvgIpc) is 2.42. The molecule has 4 heteroatoms. The number of Topliss-reactive ketones (excluding diaryl/α,β-unsaturated/α-hetero) is 1. The van der Waals surface area contributed by atoms with Gasteiger partial charge >= 0.3 is 5.97 Å². The van der Waals surface area contributed by atoms with Crippen LogP contribution in [0.25, 0.3) is 0 Å². The van der Waals surface area contributed by atoms with Gasteiger partial charge in [-0.25, -0.2) is 0 Å². The first kappa shape index (κ1) is 12.2. The minimum absolute atomic E-state index is 0.119. The van der Waals surface area contributed by atoms with Gasteiger partial charge in [-0.1, -0.05) is 12.8 Å². The SMILES string of the molecule is CCOC(=O)[C@@H](N)[C@H]1CCCCCC1=O. The van der Waals surface area contributed by atoms with Crippen molar-refractivity contribution in [3.63, 3.8) is 0 Å². The zero-order valence-electron chi connectivity index (χ0n) is 9.20. The minimum Gasteiger partial charge on any atom is -0.465 e. The number of hydrogen-bond donors (Lipinski definition) is 1. The largest absolute Gasteiger partial charge is 0.465 e. The van der Waals surface area contributed by atoms with Crippen LogP contribution in [0.3, 0.4) is 0 Å². The number of nitrogens with two attached hydrogens (primary N) is 1. The molecule has 0 heterocycles. The molecule has 0 aromatic rings. The van der Waals surface area contributed by atoms with Crippen LogP contribution in [0.5, 0.6) is 0 Å². The highest BCUT2D eigenvalue weighted by Gasteiger charge is 2.31. The van der Waals surface area contributed by atoms with Crippen molar-refractivity contribution in [3.05, 3.63) is 0 Å². The molecule has 0 aliphatic heterocycles. The van der Waals surface area contributed by atoms with E-state index >= 15 is 0 Å². The zero-order valence-corrected chi connectivity index (χ0v) is 9.20. The van der Waals surface area contributed by atoms with Crippen molar-refractivity contribution in [2.45, 2.75) is 45.1 Å². The maximum atomic E-state index is 11.7. The molecule has 0 amide bonds. The lowest BCUT2D eigenvalue weighted by molar-refractivity contribution is -0.148. The summed E-state index contributed by atoms with van der Waals surface area (Å²) in [7, 11) is 0. The lowest BCUT2D eigenvalue weighted by atomic mass is 9.91. The molecule has 1 rings (SSSR count). The van der Waals surface area contributed by atoms with E-state index in [1.807, 2.05) is 0 Å². The van der Waals surface area contributed by atoms with E-state index < -0.39 is 12.0 Å². The van der Waals surface area contributed by atoms with Gasteiger partial charge < -0.3 is 10.5 Å². The van der Waals surface area contributed by atoms with E-state index in [0.717, 1.165) is 25.7 Å². The first-order valence-electron chi connectivity index (χ1n) is 5.61. The Morgan fingerprint density at radius 3 is 2.93 bits per heavy atom. The van der Waals surface area contributed by atoms with Gasteiger partial charge in [0, 0.05) is 12.3 Å². The van der Waals surface area contributed by atoms with E-state index in [2.05, 4.69) is 0 Å². The zero-order chi connectivity index (χ0) is 11.3. The fourth-order valence-corrected chi connectivity index (χ4v) is 1.97. The first-order chi connectivity index (χ1) is 7.16. The van der Waals surface area contributed by atoms with Crippen molar-refractivity contribution in [1.29, 1.82) is 0 Å². The monoisotopic (exact) mass is 213 g/mol. The van der Waals surface area contributed by atoms with Crippen molar-refractivity contribution in [3.8, 4) is 0 Å². The number of ketones is 1. The number of esters is 1. The Hall–Kier alpha value is -0.900. The van der Waals surface area contributed by atoms with Crippen molar-refractivity contribution < 1.29 is 14.3 Å². The second kappa shape index (κ2) is 5.85. The molecule has 86 valence electrons. The van der Waals surface area contributed by atoms with Crippen LogP contribution in [0.2, 0.25) is 0 Å². The number of ether oxygens (including phenoxy) is 1. The first-order valence-corrected chi connectivity index (χ1v) is 5.61. The molecule has 1 fully saturated rings. The predicted molar refractivity (Wildman–Crippen MR) is 56.2 cm³/mol. The molecular formula is C11H19NO3. The fourth-order valence-electron chi connectivity index (χ4n) is 1.97. The average molecular weight is 213 g/mol. The third kappa shape index (κ3) is 3.30. The van der Waals surface area contributed by atoms with Gasteiger partial charge in [0.25, 0.3) is 0 Å². The second-order valence-electron chi connectivity index (χ2n) is 3.95. The highest BCUT2D eigenvalue weighted by Crippen LogP contribution is 2.22. The second-order valence-corrected chi connectivity index (χ2v) is 3.95. The minimum atomic E-state index is -0.768. The molecular weight excluding hydrogens is 194 g/mol. The van der Waals surface area contributed by atoms with Crippen LogP contribution in [0.4, 0.5) is 0 Å². The Balaban J connectivity index is 2.58. The summed E-state index contributed by atoms with van der Waals surface area (Å²) >= 11 is 0. The van der Waals surface area contributed by atoms with E-state index in [4.69, 9.17) is 10.5 Å². The molecule has 0 unspecified atom stereocenters. The molecule has 0 spiro atoms. The van der Waals surface area contributed by atoms with Crippen LogP contribution in [0.15, 0.2) is 0 Å². The van der Waals surface area contributed by atoms with Crippen LogP contribution in [0, 0.1) is 5.92 Å². The van der Waals surface area contributed by atoms with Gasteiger partial charge in [-0.2, -0.15) is 0 Å². The Labute approximate surface area is 90.2 Å². The summed E-state index contributed by atoms with van der Waals surface area (Å²) in [6.07, 6.45) is 4.22. The summed E-state index contributed by atoms with van der Waals surface area (Å²) in [5.74, 6) is -0.655. The molecule has 1 aliphatic carbocycles. The quantitative estimate of drug-likeness (QED) is 0.561. The number of rotatable bonds is 3.